The van der Waals surface area contributed by atoms with Crippen LogP contribution in [0.4, 0.5) is 0 Å². The molecule has 0 bridgehead atoms. The van der Waals surface area contributed by atoms with Crippen LogP contribution in [0.1, 0.15) is 29.3 Å². The number of carboxylic acid groups (broad SMARTS) is 1. The van der Waals surface area contributed by atoms with E-state index in [0.29, 0.717) is 11.1 Å². The molecule has 1 unspecified atom stereocenters. The summed E-state index contributed by atoms with van der Waals surface area (Å²) < 4.78 is 24.1. The third-order valence-electron chi connectivity index (χ3n) is 4.67. The van der Waals surface area contributed by atoms with E-state index < -0.39 is 27.1 Å². The highest BCUT2D eigenvalue weighted by molar-refractivity contribution is 7.93. The maximum absolute atomic E-state index is 13.0. The summed E-state index contributed by atoms with van der Waals surface area (Å²) in [5.41, 5.74) is 2.97. The highest BCUT2D eigenvalue weighted by Gasteiger charge is 2.46. The van der Waals surface area contributed by atoms with Crippen LogP contribution in [0.5, 0.6) is 0 Å². The highest BCUT2D eigenvalue weighted by Crippen LogP contribution is 2.28. The summed E-state index contributed by atoms with van der Waals surface area (Å²) in [6.07, 6.45) is 2.00. The summed E-state index contributed by atoms with van der Waals surface area (Å²) in [7, 11) is -3.87. The summed E-state index contributed by atoms with van der Waals surface area (Å²) in [6.45, 7) is 1.98. The molecule has 2 aromatic carbocycles. The zero-order valence-corrected chi connectivity index (χ0v) is 15.8. The number of benzene rings is 2. The van der Waals surface area contributed by atoms with Crippen molar-refractivity contribution in [1.29, 1.82) is 0 Å². The normalized spacial score (nSPS) is 18.4. The number of carboxylic acids is 1. The van der Waals surface area contributed by atoms with Gasteiger partial charge in [0.15, 0.2) is 9.84 Å². The van der Waals surface area contributed by atoms with Gasteiger partial charge >= 0.3 is 5.97 Å². The van der Waals surface area contributed by atoms with Gasteiger partial charge in [0.2, 0.25) is 5.37 Å². The number of amides is 1. The molecule has 142 valence electrons. The minimum atomic E-state index is -3.87. The number of nitrogens with zero attached hydrogens (tertiary/aromatic N) is 1. The van der Waals surface area contributed by atoms with E-state index in [-0.39, 0.29) is 12.3 Å². The van der Waals surface area contributed by atoms with Crippen LogP contribution >= 0.6 is 0 Å². The molecule has 2 aromatic rings. The van der Waals surface area contributed by atoms with E-state index in [1.165, 1.54) is 5.56 Å². The Balaban J connectivity index is 1.98. The summed E-state index contributed by atoms with van der Waals surface area (Å²) in [6, 6.07) is 14.7. The van der Waals surface area contributed by atoms with Crippen LogP contribution in [-0.4, -0.2) is 48.0 Å². The molecule has 7 heteroatoms. The number of rotatable bonds is 5. The Labute approximate surface area is 158 Å². The molecule has 27 heavy (non-hydrogen) atoms. The van der Waals surface area contributed by atoms with Crippen molar-refractivity contribution < 1.29 is 23.1 Å². The molecule has 0 aliphatic carbocycles. The van der Waals surface area contributed by atoms with Crippen molar-refractivity contribution in [2.75, 3.05) is 12.3 Å². The van der Waals surface area contributed by atoms with Gasteiger partial charge in [0.05, 0.1) is 5.75 Å². The van der Waals surface area contributed by atoms with Crippen molar-refractivity contribution >= 4 is 21.7 Å². The van der Waals surface area contributed by atoms with Crippen LogP contribution in [0.25, 0.3) is 11.1 Å². The highest BCUT2D eigenvalue weighted by atomic mass is 32.2. The molecule has 1 fully saturated rings. The molecular formula is C20H21NO5S. The van der Waals surface area contributed by atoms with Crippen LogP contribution in [0.15, 0.2) is 48.5 Å². The zero-order chi connectivity index (χ0) is 19.6. The van der Waals surface area contributed by atoms with Gasteiger partial charge in [-0.05, 0) is 29.2 Å². The van der Waals surface area contributed by atoms with Crippen LogP contribution in [0, 0.1) is 0 Å². The fourth-order valence-corrected chi connectivity index (χ4v) is 4.93. The van der Waals surface area contributed by atoms with Crippen molar-refractivity contribution in [2.45, 2.75) is 25.1 Å². The maximum atomic E-state index is 13.0. The van der Waals surface area contributed by atoms with Crippen LogP contribution in [-0.2, 0) is 21.1 Å². The number of carbonyl (C=O) groups is 2. The van der Waals surface area contributed by atoms with Crippen molar-refractivity contribution in [2.24, 2.45) is 0 Å². The average Bonchev–Trinajstić information content (AvgIpc) is 2.97. The fraction of sp³-hybridized carbons (Fsp3) is 0.300. The van der Waals surface area contributed by atoms with Gasteiger partial charge in [0.25, 0.3) is 5.91 Å². The van der Waals surface area contributed by atoms with E-state index in [9.17, 15) is 23.1 Å². The molecule has 0 saturated carbocycles. The first-order valence-electron chi connectivity index (χ1n) is 8.79. The second kappa shape index (κ2) is 7.52. The molecule has 0 radical (unpaired) electrons. The lowest BCUT2D eigenvalue weighted by Gasteiger charge is -2.21. The standard InChI is InChI=1S/C20H21NO5S/c1-2-5-14-8-10-15(11-9-14)16-6-3-4-7-17(16)18(22)21-12-13-27(25,26)19(21)20(23)24/h3-4,6-11,19H,2,5,12-13H2,1H3,(H,23,24). The smallest absolute Gasteiger partial charge is 0.342 e. The quantitative estimate of drug-likeness (QED) is 0.851. The van der Waals surface area contributed by atoms with Gasteiger partial charge in [-0.2, -0.15) is 0 Å². The predicted octanol–water partition coefficient (Wildman–Crippen LogP) is 2.59. The Hall–Kier alpha value is -2.67. The average molecular weight is 387 g/mol. The van der Waals surface area contributed by atoms with E-state index in [2.05, 4.69) is 6.92 Å². The summed E-state index contributed by atoms with van der Waals surface area (Å²) in [4.78, 5) is 25.4. The molecule has 6 nitrogen and oxygen atoms in total. The van der Waals surface area contributed by atoms with Gasteiger partial charge in [-0.1, -0.05) is 55.8 Å². The largest absolute Gasteiger partial charge is 0.479 e. The topological polar surface area (TPSA) is 91.8 Å². The van der Waals surface area contributed by atoms with Crippen molar-refractivity contribution in [3.63, 3.8) is 0 Å². The molecule has 1 aliphatic rings. The number of aliphatic carboxylic acids is 1. The first-order valence-corrected chi connectivity index (χ1v) is 10.5. The molecule has 0 aromatic heterocycles. The van der Waals surface area contributed by atoms with Gasteiger partial charge in [-0.15, -0.1) is 0 Å². The molecule has 1 N–H and O–H groups in total. The van der Waals surface area contributed by atoms with E-state index in [0.717, 1.165) is 23.3 Å². The molecule has 1 amide bonds. The van der Waals surface area contributed by atoms with Gasteiger partial charge in [0.1, 0.15) is 0 Å². The first kappa shape index (κ1) is 19.1. The second-order valence-electron chi connectivity index (χ2n) is 6.55. The Kier molecular flexibility index (Phi) is 5.32. The van der Waals surface area contributed by atoms with E-state index in [1.807, 2.05) is 24.3 Å². The number of sulfone groups is 1. The van der Waals surface area contributed by atoms with E-state index >= 15 is 0 Å². The molecule has 0 spiro atoms. The van der Waals surface area contributed by atoms with E-state index in [1.54, 1.807) is 24.3 Å². The lowest BCUT2D eigenvalue weighted by molar-refractivity contribution is -0.138. The number of aryl methyl sites for hydroxylation is 1. The maximum Gasteiger partial charge on any atom is 0.342 e. The first-order chi connectivity index (χ1) is 12.8. The summed E-state index contributed by atoms with van der Waals surface area (Å²) >= 11 is 0. The molecular weight excluding hydrogens is 366 g/mol. The molecule has 1 heterocycles. The van der Waals surface area contributed by atoms with Crippen LogP contribution in [0.3, 0.4) is 0 Å². The number of hydrogen-bond donors (Lipinski definition) is 1. The number of carbonyl (C=O) groups excluding carboxylic acids is 1. The van der Waals surface area contributed by atoms with Crippen molar-refractivity contribution in [3.8, 4) is 11.1 Å². The Morgan fingerprint density at radius 2 is 1.78 bits per heavy atom. The minimum Gasteiger partial charge on any atom is -0.479 e. The zero-order valence-electron chi connectivity index (χ0n) is 15.0. The lowest BCUT2D eigenvalue weighted by atomic mass is 9.97. The molecule has 1 aliphatic heterocycles. The Morgan fingerprint density at radius 3 is 2.41 bits per heavy atom. The molecule has 1 atom stereocenters. The second-order valence-corrected chi connectivity index (χ2v) is 8.73. The van der Waals surface area contributed by atoms with Gasteiger partial charge in [0, 0.05) is 12.1 Å². The Bertz CT molecular complexity index is 966. The molecule has 1 saturated heterocycles. The number of hydrogen-bond acceptors (Lipinski definition) is 4. The van der Waals surface area contributed by atoms with Gasteiger partial charge < -0.3 is 10.0 Å². The predicted molar refractivity (Wildman–Crippen MR) is 102 cm³/mol. The lowest BCUT2D eigenvalue weighted by Crippen LogP contribution is -2.43. The summed E-state index contributed by atoms with van der Waals surface area (Å²) in [5.74, 6) is -2.46. The SMILES string of the molecule is CCCc1ccc(-c2ccccc2C(=O)N2CCS(=O)(=O)C2C(=O)O)cc1. The van der Waals surface area contributed by atoms with Gasteiger partial charge in [-0.25, -0.2) is 13.2 Å². The molecule has 3 rings (SSSR count). The van der Waals surface area contributed by atoms with E-state index in [4.69, 9.17) is 0 Å². The Morgan fingerprint density at radius 1 is 1.11 bits per heavy atom. The van der Waals surface area contributed by atoms with Crippen molar-refractivity contribution in [1.82, 2.24) is 4.90 Å². The summed E-state index contributed by atoms with van der Waals surface area (Å²) in [5, 5.41) is 7.48. The third-order valence-corrected chi connectivity index (χ3v) is 6.56. The van der Waals surface area contributed by atoms with Crippen LogP contribution in [0.2, 0.25) is 0 Å². The van der Waals surface area contributed by atoms with Crippen LogP contribution < -0.4 is 0 Å². The fourth-order valence-electron chi connectivity index (χ4n) is 3.36. The minimum absolute atomic E-state index is 0.123. The van der Waals surface area contributed by atoms with Crippen molar-refractivity contribution in [3.05, 3.63) is 59.7 Å². The third kappa shape index (κ3) is 3.73. The monoisotopic (exact) mass is 387 g/mol. The van der Waals surface area contributed by atoms with Gasteiger partial charge in [-0.3, -0.25) is 4.79 Å².